The van der Waals surface area contributed by atoms with E-state index in [9.17, 15) is 4.79 Å². The number of aromatic nitrogens is 1. The maximum Gasteiger partial charge on any atom is 0.239 e. The monoisotopic (exact) mass is 185 g/mol. The molecule has 0 saturated carbocycles. The number of nitrogens with two attached hydrogens (primary N) is 1. The summed E-state index contributed by atoms with van der Waals surface area (Å²) < 4.78 is 0. The highest BCUT2D eigenvalue weighted by Gasteiger charge is 2.15. The van der Waals surface area contributed by atoms with E-state index in [1.165, 1.54) is 11.3 Å². The Morgan fingerprint density at radius 1 is 1.83 bits per heavy atom. The molecule has 1 aromatic heterocycles. The Balaban J connectivity index is 2.71. The molecule has 0 spiro atoms. The van der Waals surface area contributed by atoms with Gasteiger partial charge >= 0.3 is 0 Å². The van der Waals surface area contributed by atoms with Crippen molar-refractivity contribution in [2.45, 2.75) is 13.0 Å². The molecule has 1 heterocycles. The van der Waals surface area contributed by atoms with Crippen molar-refractivity contribution >= 4 is 23.1 Å². The standard InChI is InChI=1S/C7H11N3OS/c1-5(7(8)11)10(2)6-3-12-4-9-6/h3-5H,1-2H3,(H2,8,11)/t5-/m0/s1. The van der Waals surface area contributed by atoms with Crippen molar-refractivity contribution < 1.29 is 4.79 Å². The van der Waals surface area contributed by atoms with Crippen molar-refractivity contribution in [1.82, 2.24) is 4.98 Å². The van der Waals surface area contributed by atoms with Crippen molar-refractivity contribution in [2.24, 2.45) is 5.73 Å². The van der Waals surface area contributed by atoms with Gasteiger partial charge in [0.25, 0.3) is 0 Å². The van der Waals surface area contributed by atoms with Gasteiger partial charge in [0, 0.05) is 12.4 Å². The third-order valence-corrected chi connectivity index (χ3v) is 2.35. The normalized spacial score (nSPS) is 12.5. The minimum Gasteiger partial charge on any atom is -0.368 e. The summed E-state index contributed by atoms with van der Waals surface area (Å²) in [6.07, 6.45) is 0. The van der Waals surface area contributed by atoms with Crippen LogP contribution in [-0.2, 0) is 4.79 Å². The largest absolute Gasteiger partial charge is 0.368 e. The molecule has 1 aromatic rings. The lowest BCUT2D eigenvalue weighted by atomic mass is 10.3. The number of nitrogens with zero attached hydrogens (tertiary/aromatic N) is 2. The molecule has 0 fully saturated rings. The Labute approximate surface area is 75.0 Å². The van der Waals surface area contributed by atoms with Gasteiger partial charge < -0.3 is 10.6 Å². The first-order valence-corrected chi connectivity index (χ1v) is 4.47. The molecule has 0 aliphatic carbocycles. The van der Waals surface area contributed by atoms with E-state index in [-0.39, 0.29) is 11.9 Å². The quantitative estimate of drug-likeness (QED) is 0.744. The SMILES string of the molecule is C[C@@H](C(N)=O)N(C)c1cscn1. The van der Waals surface area contributed by atoms with Crippen LogP contribution in [0.2, 0.25) is 0 Å². The summed E-state index contributed by atoms with van der Waals surface area (Å²) in [5, 5.41) is 1.87. The second-order valence-electron chi connectivity index (χ2n) is 2.54. The van der Waals surface area contributed by atoms with Gasteiger partial charge in [-0.2, -0.15) is 0 Å². The number of primary amides is 1. The van der Waals surface area contributed by atoms with Crippen LogP contribution in [0.25, 0.3) is 0 Å². The highest BCUT2D eigenvalue weighted by Crippen LogP contribution is 2.13. The minimum absolute atomic E-state index is 0.313. The molecule has 0 aliphatic heterocycles. The maximum absolute atomic E-state index is 10.8. The van der Waals surface area contributed by atoms with Gasteiger partial charge in [-0.15, -0.1) is 11.3 Å². The molecule has 0 aliphatic rings. The summed E-state index contributed by atoms with van der Waals surface area (Å²) >= 11 is 1.49. The molecular formula is C7H11N3OS. The zero-order valence-electron chi connectivity index (χ0n) is 7.02. The van der Waals surface area contributed by atoms with E-state index in [4.69, 9.17) is 5.73 Å². The number of rotatable bonds is 3. The Kier molecular flexibility index (Phi) is 2.65. The average Bonchev–Trinajstić information content (AvgIpc) is 2.53. The molecule has 1 amide bonds. The van der Waals surface area contributed by atoms with Gasteiger partial charge in [0.15, 0.2) is 0 Å². The van der Waals surface area contributed by atoms with Crippen LogP contribution in [0.3, 0.4) is 0 Å². The number of thiazole rings is 1. The summed E-state index contributed by atoms with van der Waals surface area (Å²) in [5.74, 6) is 0.441. The molecule has 0 unspecified atom stereocenters. The van der Waals surface area contributed by atoms with Gasteiger partial charge in [-0.25, -0.2) is 4.98 Å². The first kappa shape index (κ1) is 8.99. The van der Waals surface area contributed by atoms with Crippen molar-refractivity contribution in [3.63, 3.8) is 0 Å². The molecular weight excluding hydrogens is 174 g/mol. The molecule has 0 saturated heterocycles. The lowest BCUT2D eigenvalue weighted by molar-refractivity contribution is -0.118. The van der Waals surface area contributed by atoms with Crippen molar-refractivity contribution in [3.05, 3.63) is 10.9 Å². The fourth-order valence-electron chi connectivity index (χ4n) is 0.770. The fourth-order valence-corrected chi connectivity index (χ4v) is 1.35. The second kappa shape index (κ2) is 3.53. The predicted molar refractivity (Wildman–Crippen MR) is 49.2 cm³/mol. The summed E-state index contributed by atoms with van der Waals surface area (Å²) in [6, 6.07) is -0.313. The third kappa shape index (κ3) is 1.73. The maximum atomic E-state index is 10.8. The highest BCUT2D eigenvalue weighted by atomic mass is 32.1. The zero-order chi connectivity index (χ0) is 9.14. The van der Waals surface area contributed by atoms with Gasteiger partial charge in [0.2, 0.25) is 5.91 Å². The summed E-state index contributed by atoms with van der Waals surface area (Å²) in [4.78, 5) is 16.6. The molecule has 4 nitrogen and oxygen atoms in total. The van der Waals surface area contributed by atoms with Crippen LogP contribution in [0.1, 0.15) is 6.92 Å². The molecule has 2 N–H and O–H groups in total. The second-order valence-corrected chi connectivity index (χ2v) is 3.25. The van der Waals surface area contributed by atoms with E-state index in [2.05, 4.69) is 4.98 Å². The predicted octanol–water partition coefficient (Wildman–Crippen LogP) is 0.453. The van der Waals surface area contributed by atoms with E-state index in [0.717, 1.165) is 5.82 Å². The van der Waals surface area contributed by atoms with Crippen LogP contribution < -0.4 is 10.6 Å². The molecule has 5 heteroatoms. The molecule has 12 heavy (non-hydrogen) atoms. The van der Waals surface area contributed by atoms with Gasteiger partial charge in [0.05, 0.1) is 5.51 Å². The number of carbonyl (C=O) groups excluding carboxylic acids is 1. The smallest absolute Gasteiger partial charge is 0.239 e. The van der Waals surface area contributed by atoms with Crippen molar-refractivity contribution in [3.8, 4) is 0 Å². The van der Waals surface area contributed by atoms with Crippen LogP contribution in [0.5, 0.6) is 0 Å². The number of likely N-dealkylation sites (N-methyl/N-ethyl adjacent to an activating group) is 1. The van der Waals surface area contributed by atoms with Crippen molar-refractivity contribution in [1.29, 1.82) is 0 Å². The topological polar surface area (TPSA) is 59.2 Å². The van der Waals surface area contributed by atoms with Gasteiger partial charge in [-0.3, -0.25) is 4.79 Å². The average molecular weight is 185 g/mol. The lowest BCUT2D eigenvalue weighted by Crippen LogP contribution is -2.40. The van der Waals surface area contributed by atoms with E-state index in [0.29, 0.717) is 0 Å². The zero-order valence-corrected chi connectivity index (χ0v) is 7.84. The lowest BCUT2D eigenvalue weighted by Gasteiger charge is -2.21. The summed E-state index contributed by atoms with van der Waals surface area (Å²) in [6.45, 7) is 1.75. The molecule has 66 valence electrons. The van der Waals surface area contributed by atoms with E-state index >= 15 is 0 Å². The highest BCUT2D eigenvalue weighted by molar-refractivity contribution is 7.07. The van der Waals surface area contributed by atoms with Gasteiger partial charge in [-0.05, 0) is 6.92 Å². The Morgan fingerprint density at radius 3 is 2.92 bits per heavy atom. The van der Waals surface area contributed by atoms with Crippen molar-refractivity contribution in [2.75, 3.05) is 11.9 Å². The fraction of sp³-hybridized carbons (Fsp3) is 0.429. The van der Waals surface area contributed by atoms with Gasteiger partial charge in [0.1, 0.15) is 11.9 Å². The number of carbonyl (C=O) groups is 1. The van der Waals surface area contributed by atoms with Crippen LogP contribution in [0, 0.1) is 0 Å². The minimum atomic E-state index is -0.342. The number of amides is 1. The first-order valence-electron chi connectivity index (χ1n) is 3.53. The number of hydrogen-bond donors (Lipinski definition) is 1. The van der Waals surface area contributed by atoms with E-state index in [1.54, 1.807) is 24.4 Å². The number of anilines is 1. The molecule has 0 bridgehead atoms. The van der Waals surface area contributed by atoms with Gasteiger partial charge in [-0.1, -0.05) is 0 Å². The van der Waals surface area contributed by atoms with E-state index in [1.807, 2.05) is 5.38 Å². The van der Waals surface area contributed by atoms with Crippen LogP contribution in [-0.4, -0.2) is 24.0 Å². The van der Waals surface area contributed by atoms with E-state index < -0.39 is 0 Å². The summed E-state index contributed by atoms with van der Waals surface area (Å²) in [5.41, 5.74) is 6.86. The first-order chi connectivity index (χ1) is 5.63. The van der Waals surface area contributed by atoms with Crippen LogP contribution in [0.15, 0.2) is 10.9 Å². The van der Waals surface area contributed by atoms with Crippen LogP contribution in [0.4, 0.5) is 5.82 Å². The Bertz CT molecular complexity index is 260. The number of hydrogen-bond acceptors (Lipinski definition) is 4. The van der Waals surface area contributed by atoms with Crippen LogP contribution >= 0.6 is 11.3 Å². The Hall–Kier alpha value is -1.10. The molecule has 1 rings (SSSR count). The molecule has 1 atom stereocenters. The molecule has 0 aromatic carbocycles. The third-order valence-electron chi connectivity index (χ3n) is 1.77. The summed E-state index contributed by atoms with van der Waals surface area (Å²) in [7, 11) is 1.80. The Morgan fingerprint density at radius 2 is 2.50 bits per heavy atom. The molecule has 0 radical (unpaired) electrons.